The van der Waals surface area contributed by atoms with Crippen LogP contribution in [0.3, 0.4) is 0 Å². The molecule has 1 aliphatic rings. The number of nitrogens with two attached hydrogens (primary N) is 1. The summed E-state index contributed by atoms with van der Waals surface area (Å²) in [7, 11) is 0. The summed E-state index contributed by atoms with van der Waals surface area (Å²) in [5, 5.41) is 3.41. The number of thiazole rings is 1. The summed E-state index contributed by atoms with van der Waals surface area (Å²) >= 11 is 6.85. The average Bonchev–Trinajstić information content (AvgIpc) is 2.78. The molecule has 5 heteroatoms. The third-order valence-corrected chi connectivity index (χ3v) is 4.84. The van der Waals surface area contributed by atoms with Gasteiger partial charge in [-0.05, 0) is 25.9 Å². The van der Waals surface area contributed by atoms with Crippen molar-refractivity contribution in [3.8, 4) is 0 Å². The van der Waals surface area contributed by atoms with Crippen LogP contribution in [0.4, 0.5) is 0 Å². The van der Waals surface area contributed by atoms with E-state index in [1.165, 1.54) is 10.7 Å². The number of nitrogens with zero attached hydrogens (tertiary/aromatic N) is 2. The van der Waals surface area contributed by atoms with Gasteiger partial charge in [0.1, 0.15) is 5.01 Å². The van der Waals surface area contributed by atoms with Gasteiger partial charge in [-0.3, -0.25) is 4.90 Å². The Bertz CT molecular complexity index is 440. The van der Waals surface area contributed by atoms with Gasteiger partial charge in [0.2, 0.25) is 0 Å². The average molecular weight is 297 g/mol. The molecule has 0 amide bonds. The van der Waals surface area contributed by atoms with Crippen molar-refractivity contribution >= 4 is 28.5 Å². The van der Waals surface area contributed by atoms with E-state index in [9.17, 15) is 0 Å². The Morgan fingerprint density at radius 1 is 1.47 bits per heavy atom. The molecule has 2 N–H and O–H groups in total. The van der Waals surface area contributed by atoms with E-state index in [1.807, 2.05) is 0 Å². The van der Waals surface area contributed by atoms with E-state index in [2.05, 4.69) is 31.1 Å². The Balaban J connectivity index is 1.89. The molecule has 1 fully saturated rings. The molecule has 1 saturated heterocycles. The maximum Gasteiger partial charge on any atom is 0.107 e. The number of hydrogen-bond acceptors (Lipinski definition) is 4. The van der Waals surface area contributed by atoms with E-state index in [4.69, 9.17) is 22.9 Å². The van der Waals surface area contributed by atoms with Crippen LogP contribution < -0.4 is 5.73 Å². The van der Waals surface area contributed by atoms with Crippen molar-refractivity contribution in [2.75, 3.05) is 13.1 Å². The first kappa shape index (κ1) is 14.9. The number of piperidine rings is 1. The lowest BCUT2D eigenvalue weighted by molar-refractivity contribution is 0.202. The van der Waals surface area contributed by atoms with Crippen LogP contribution in [0.15, 0.2) is 5.38 Å². The van der Waals surface area contributed by atoms with Gasteiger partial charge in [0.05, 0.1) is 17.2 Å². The normalized spacial score (nSPS) is 18.7. The number of rotatable bonds is 3. The summed E-state index contributed by atoms with van der Waals surface area (Å²) < 4.78 is 0. The lowest BCUT2D eigenvalue weighted by Gasteiger charge is -2.30. The van der Waals surface area contributed by atoms with E-state index in [1.54, 1.807) is 11.3 Å². The molecule has 1 aromatic heterocycles. The van der Waals surface area contributed by atoms with Gasteiger partial charge in [-0.25, -0.2) is 4.98 Å². The molecule has 0 unspecified atom stereocenters. The maximum atomic E-state index is 5.72. The summed E-state index contributed by atoms with van der Waals surface area (Å²) in [5.41, 5.74) is 7.06. The van der Waals surface area contributed by atoms with E-state index in [-0.39, 0.29) is 5.41 Å². The molecular formula is C14H23N3S2. The number of thiocarbonyl (C=S) groups is 1. The first-order chi connectivity index (χ1) is 8.86. The van der Waals surface area contributed by atoms with Gasteiger partial charge in [-0.2, -0.15) is 0 Å². The standard InChI is InChI=1S/C14H23N3S2/c1-14(2,3)11-9-19-12(16-11)8-17-6-4-10(5-7-17)13(15)18/h9-10H,4-8H2,1-3H3,(H2,15,18). The predicted octanol–water partition coefficient (Wildman–Crippen LogP) is 2.94. The largest absolute Gasteiger partial charge is 0.393 e. The minimum atomic E-state index is 0.146. The molecule has 2 heterocycles. The van der Waals surface area contributed by atoms with Gasteiger partial charge in [-0.15, -0.1) is 11.3 Å². The highest BCUT2D eigenvalue weighted by Gasteiger charge is 2.22. The highest BCUT2D eigenvalue weighted by Crippen LogP contribution is 2.25. The molecule has 1 aromatic rings. The first-order valence-electron chi connectivity index (χ1n) is 6.83. The van der Waals surface area contributed by atoms with Crippen LogP contribution in [-0.2, 0) is 12.0 Å². The molecule has 0 spiro atoms. The zero-order valence-electron chi connectivity index (χ0n) is 12.0. The molecule has 1 aliphatic heterocycles. The smallest absolute Gasteiger partial charge is 0.107 e. The fourth-order valence-electron chi connectivity index (χ4n) is 2.29. The van der Waals surface area contributed by atoms with E-state index in [0.29, 0.717) is 10.9 Å². The van der Waals surface area contributed by atoms with Crippen LogP contribution in [0.2, 0.25) is 0 Å². The Morgan fingerprint density at radius 2 is 2.11 bits per heavy atom. The van der Waals surface area contributed by atoms with Crippen molar-refractivity contribution in [1.82, 2.24) is 9.88 Å². The molecule has 19 heavy (non-hydrogen) atoms. The second kappa shape index (κ2) is 5.85. The molecule has 0 radical (unpaired) electrons. The van der Waals surface area contributed by atoms with Gasteiger partial charge in [-0.1, -0.05) is 33.0 Å². The zero-order valence-corrected chi connectivity index (χ0v) is 13.6. The molecule has 0 aromatic carbocycles. The molecule has 106 valence electrons. The topological polar surface area (TPSA) is 42.1 Å². The van der Waals surface area contributed by atoms with Gasteiger partial charge in [0.25, 0.3) is 0 Å². The fraction of sp³-hybridized carbons (Fsp3) is 0.714. The van der Waals surface area contributed by atoms with Gasteiger partial charge < -0.3 is 5.73 Å². The van der Waals surface area contributed by atoms with Crippen molar-refractivity contribution in [2.24, 2.45) is 11.7 Å². The summed E-state index contributed by atoms with van der Waals surface area (Å²) in [6, 6.07) is 0. The van der Waals surface area contributed by atoms with Crippen molar-refractivity contribution < 1.29 is 0 Å². The summed E-state index contributed by atoms with van der Waals surface area (Å²) in [6.07, 6.45) is 2.18. The van der Waals surface area contributed by atoms with E-state index < -0.39 is 0 Å². The monoisotopic (exact) mass is 297 g/mol. The summed E-state index contributed by atoms with van der Waals surface area (Å²) in [5.74, 6) is 0.438. The quantitative estimate of drug-likeness (QED) is 0.871. The third-order valence-electron chi connectivity index (χ3n) is 3.67. The van der Waals surface area contributed by atoms with Crippen LogP contribution in [0.25, 0.3) is 0 Å². The van der Waals surface area contributed by atoms with Crippen molar-refractivity contribution in [3.63, 3.8) is 0 Å². The van der Waals surface area contributed by atoms with Crippen molar-refractivity contribution in [2.45, 2.75) is 45.6 Å². The Kier molecular flexibility index (Phi) is 4.58. The second-order valence-electron chi connectivity index (χ2n) is 6.33. The Labute approximate surface area is 125 Å². The van der Waals surface area contributed by atoms with Gasteiger partial charge >= 0.3 is 0 Å². The highest BCUT2D eigenvalue weighted by molar-refractivity contribution is 7.80. The van der Waals surface area contributed by atoms with Crippen LogP contribution in [0.5, 0.6) is 0 Å². The lowest BCUT2D eigenvalue weighted by atomic mass is 9.93. The van der Waals surface area contributed by atoms with Crippen LogP contribution >= 0.6 is 23.6 Å². The molecular weight excluding hydrogens is 274 g/mol. The second-order valence-corrected chi connectivity index (χ2v) is 7.74. The number of hydrogen-bond donors (Lipinski definition) is 1. The van der Waals surface area contributed by atoms with E-state index in [0.717, 1.165) is 32.5 Å². The van der Waals surface area contributed by atoms with Crippen LogP contribution in [0.1, 0.15) is 44.3 Å². The Hall–Kier alpha value is -0.520. The zero-order chi connectivity index (χ0) is 14.0. The molecule has 0 bridgehead atoms. The molecule has 3 nitrogen and oxygen atoms in total. The van der Waals surface area contributed by atoms with E-state index >= 15 is 0 Å². The lowest BCUT2D eigenvalue weighted by Crippen LogP contribution is -2.37. The third kappa shape index (κ3) is 3.97. The number of likely N-dealkylation sites (tertiary alicyclic amines) is 1. The van der Waals surface area contributed by atoms with Crippen LogP contribution in [-0.4, -0.2) is 28.0 Å². The van der Waals surface area contributed by atoms with Gasteiger partial charge in [0, 0.05) is 16.7 Å². The Morgan fingerprint density at radius 3 is 2.58 bits per heavy atom. The molecule has 0 atom stereocenters. The summed E-state index contributed by atoms with van der Waals surface area (Å²) in [6.45, 7) is 9.74. The number of aromatic nitrogens is 1. The molecule has 2 rings (SSSR count). The SMILES string of the molecule is CC(C)(C)c1csc(CN2CCC(C(N)=S)CC2)n1. The molecule has 0 aliphatic carbocycles. The van der Waals surface area contributed by atoms with Crippen molar-refractivity contribution in [1.29, 1.82) is 0 Å². The summed E-state index contributed by atoms with van der Waals surface area (Å²) in [4.78, 5) is 7.90. The predicted molar refractivity (Wildman–Crippen MR) is 85.6 cm³/mol. The van der Waals surface area contributed by atoms with Crippen LogP contribution in [0, 0.1) is 5.92 Å². The maximum absolute atomic E-state index is 5.72. The minimum absolute atomic E-state index is 0.146. The fourth-order valence-corrected chi connectivity index (χ4v) is 3.59. The van der Waals surface area contributed by atoms with Crippen molar-refractivity contribution in [3.05, 3.63) is 16.1 Å². The molecule has 0 saturated carbocycles. The van der Waals surface area contributed by atoms with Gasteiger partial charge in [0.15, 0.2) is 0 Å². The first-order valence-corrected chi connectivity index (χ1v) is 8.11. The minimum Gasteiger partial charge on any atom is -0.393 e. The highest BCUT2D eigenvalue weighted by atomic mass is 32.1.